The summed E-state index contributed by atoms with van der Waals surface area (Å²) in [5.74, 6) is -0.148. The van der Waals surface area contributed by atoms with Gasteiger partial charge in [-0.25, -0.2) is 9.78 Å². The number of nitrogens with one attached hydrogen (secondary N) is 1. The van der Waals surface area contributed by atoms with E-state index in [1.807, 2.05) is 42.5 Å². The Balaban J connectivity index is 1.71. The van der Waals surface area contributed by atoms with Gasteiger partial charge < -0.3 is 14.5 Å². The number of amides is 1. The molecule has 0 atom stereocenters. The summed E-state index contributed by atoms with van der Waals surface area (Å²) in [5, 5.41) is 3.32. The first-order chi connectivity index (χ1) is 14.2. The summed E-state index contributed by atoms with van der Waals surface area (Å²) >= 11 is 0. The lowest BCUT2D eigenvalue weighted by Crippen LogP contribution is -2.29. The zero-order valence-corrected chi connectivity index (χ0v) is 15.8. The van der Waals surface area contributed by atoms with Crippen LogP contribution in [0.4, 0.5) is 0 Å². The lowest BCUT2D eigenvalue weighted by atomic mass is 10.0. The third-order valence-electron chi connectivity index (χ3n) is 4.78. The number of carbonyl (C=O) groups excluding carboxylic acids is 2. The summed E-state index contributed by atoms with van der Waals surface area (Å²) in [6, 6.07) is 11.2. The van der Waals surface area contributed by atoms with Gasteiger partial charge in [0.05, 0.1) is 23.0 Å². The van der Waals surface area contributed by atoms with Crippen molar-refractivity contribution in [1.82, 2.24) is 10.3 Å². The number of nitrogens with zero attached hydrogens (tertiary/aromatic N) is 1. The van der Waals surface area contributed by atoms with Gasteiger partial charge in [-0.2, -0.15) is 0 Å². The molecule has 1 aliphatic carbocycles. The van der Waals surface area contributed by atoms with Crippen LogP contribution in [0.15, 0.2) is 59.7 Å². The summed E-state index contributed by atoms with van der Waals surface area (Å²) in [4.78, 5) is 29.5. The van der Waals surface area contributed by atoms with Crippen LogP contribution in [0.3, 0.4) is 0 Å². The van der Waals surface area contributed by atoms with Gasteiger partial charge in [-0.3, -0.25) is 4.79 Å². The molecule has 3 aromatic rings. The summed E-state index contributed by atoms with van der Waals surface area (Å²) < 4.78 is 10.7. The predicted octanol–water partition coefficient (Wildman–Crippen LogP) is 3.77. The number of furan rings is 1. The summed E-state index contributed by atoms with van der Waals surface area (Å²) in [7, 11) is 0. The van der Waals surface area contributed by atoms with E-state index in [-0.39, 0.29) is 12.5 Å². The molecule has 6 heteroatoms. The largest absolute Gasteiger partial charge is 0.465 e. The lowest BCUT2D eigenvalue weighted by Gasteiger charge is -2.12. The molecule has 0 spiro atoms. The molecule has 0 unspecified atom stereocenters. The van der Waals surface area contributed by atoms with Crippen LogP contribution in [0.25, 0.3) is 22.6 Å². The maximum absolute atomic E-state index is 12.9. The Bertz CT molecular complexity index is 1110. The molecule has 146 valence electrons. The second-order valence-corrected chi connectivity index (χ2v) is 6.68. The quantitative estimate of drug-likeness (QED) is 0.513. The Kier molecular flexibility index (Phi) is 5.24. The summed E-state index contributed by atoms with van der Waals surface area (Å²) in [6.45, 7) is 3.53. The van der Waals surface area contributed by atoms with Crippen LogP contribution in [0, 0.1) is 0 Å². The molecule has 1 aromatic carbocycles. The number of hydrogen-bond acceptors (Lipinski definition) is 5. The fourth-order valence-corrected chi connectivity index (χ4v) is 3.50. The number of benzene rings is 1. The fourth-order valence-electron chi connectivity index (χ4n) is 3.50. The van der Waals surface area contributed by atoms with Crippen molar-refractivity contribution in [2.75, 3.05) is 13.2 Å². The van der Waals surface area contributed by atoms with Crippen molar-refractivity contribution in [3.8, 4) is 0 Å². The van der Waals surface area contributed by atoms with Gasteiger partial charge in [0.1, 0.15) is 5.76 Å². The minimum atomic E-state index is -0.521. The van der Waals surface area contributed by atoms with Gasteiger partial charge in [0.15, 0.2) is 6.61 Å². The summed E-state index contributed by atoms with van der Waals surface area (Å²) in [6.07, 6.45) is 6.56. The third-order valence-corrected chi connectivity index (χ3v) is 4.78. The van der Waals surface area contributed by atoms with Crippen molar-refractivity contribution in [2.45, 2.75) is 12.8 Å². The smallest absolute Gasteiger partial charge is 0.339 e. The minimum absolute atomic E-state index is 0.324. The highest BCUT2D eigenvalue weighted by atomic mass is 16.5. The first-order valence-electron chi connectivity index (χ1n) is 9.38. The van der Waals surface area contributed by atoms with Crippen LogP contribution >= 0.6 is 0 Å². The van der Waals surface area contributed by atoms with Gasteiger partial charge in [-0.15, -0.1) is 6.58 Å². The summed E-state index contributed by atoms with van der Waals surface area (Å²) in [5.41, 5.74) is 3.83. The minimum Gasteiger partial charge on any atom is -0.465 e. The average Bonchev–Trinajstić information content (AvgIpc) is 3.39. The van der Waals surface area contributed by atoms with Crippen LogP contribution in [0.2, 0.25) is 0 Å². The van der Waals surface area contributed by atoms with Crippen molar-refractivity contribution in [3.05, 3.63) is 77.9 Å². The highest BCUT2D eigenvalue weighted by Crippen LogP contribution is 2.37. The molecule has 29 heavy (non-hydrogen) atoms. The number of carbonyl (C=O) groups is 2. The zero-order chi connectivity index (χ0) is 20.2. The Morgan fingerprint density at radius 2 is 2.07 bits per heavy atom. The molecule has 0 saturated heterocycles. The van der Waals surface area contributed by atoms with Crippen molar-refractivity contribution in [3.63, 3.8) is 0 Å². The SMILES string of the molecule is C=CCNC(=O)COC(=O)c1c2c(nc3ccccc13)C(=Cc1ccco1)CC2. The number of hydrogen-bond donors (Lipinski definition) is 1. The molecule has 0 bridgehead atoms. The van der Waals surface area contributed by atoms with Crippen LogP contribution < -0.4 is 5.32 Å². The van der Waals surface area contributed by atoms with Crippen LogP contribution in [-0.2, 0) is 16.0 Å². The standard InChI is InChI=1S/C23H20N2O4/c1-2-11-24-20(26)14-29-23(27)21-17-7-3-4-8-19(17)25-22-15(9-10-18(21)22)13-16-6-5-12-28-16/h2-8,12-13H,1,9-11,14H2,(H,24,26). The number of rotatable bonds is 6. The second kappa shape index (κ2) is 8.14. The molecule has 1 N–H and O–H groups in total. The Hall–Kier alpha value is -3.67. The maximum atomic E-state index is 12.9. The Labute approximate surface area is 167 Å². The first kappa shape index (κ1) is 18.7. The molecule has 1 aliphatic rings. The molecule has 0 aliphatic heterocycles. The molecule has 0 fully saturated rings. The van der Waals surface area contributed by atoms with Crippen molar-refractivity contribution >= 4 is 34.4 Å². The number of para-hydroxylation sites is 1. The highest BCUT2D eigenvalue weighted by molar-refractivity contribution is 6.07. The van der Waals surface area contributed by atoms with Crippen LogP contribution in [0.1, 0.15) is 33.8 Å². The van der Waals surface area contributed by atoms with Gasteiger partial charge >= 0.3 is 5.97 Å². The number of ether oxygens (including phenoxy) is 1. The van der Waals surface area contributed by atoms with Gasteiger partial charge in [-0.05, 0) is 48.3 Å². The first-order valence-corrected chi connectivity index (χ1v) is 9.38. The zero-order valence-electron chi connectivity index (χ0n) is 15.8. The van der Waals surface area contributed by atoms with E-state index in [4.69, 9.17) is 14.1 Å². The molecule has 6 nitrogen and oxygen atoms in total. The number of fused-ring (bicyclic) bond motifs is 2. The van der Waals surface area contributed by atoms with Gasteiger partial charge in [0.2, 0.25) is 0 Å². The average molecular weight is 388 g/mol. The molecular weight excluding hydrogens is 368 g/mol. The van der Waals surface area contributed by atoms with E-state index in [9.17, 15) is 9.59 Å². The second-order valence-electron chi connectivity index (χ2n) is 6.68. The number of allylic oxidation sites excluding steroid dienone is 1. The highest BCUT2D eigenvalue weighted by Gasteiger charge is 2.28. The van der Waals surface area contributed by atoms with Crippen LogP contribution in [0.5, 0.6) is 0 Å². The molecular formula is C23H20N2O4. The van der Waals surface area contributed by atoms with E-state index in [1.165, 1.54) is 0 Å². The normalized spacial score (nSPS) is 14.0. The maximum Gasteiger partial charge on any atom is 0.339 e. The predicted molar refractivity (Wildman–Crippen MR) is 110 cm³/mol. The number of esters is 1. The van der Waals surface area contributed by atoms with Gasteiger partial charge in [0.25, 0.3) is 5.91 Å². The Morgan fingerprint density at radius 1 is 1.21 bits per heavy atom. The van der Waals surface area contributed by atoms with E-state index >= 15 is 0 Å². The molecule has 0 saturated carbocycles. The van der Waals surface area contributed by atoms with Crippen molar-refractivity contribution in [2.24, 2.45) is 0 Å². The molecule has 4 rings (SSSR count). The fraction of sp³-hybridized carbons (Fsp3) is 0.174. The monoisotopic (exact) mass is 388 g/mol. The topological polar surface area (TPSA) is 81.4 Å². The van der Waals surface area contributed by atoms with E-state index in [0.717, 1.165) is 34.4 Å². The molecule has 0 radical (unpaired) electrons. The third kappa shape index (κ3) is 3.82. The van der Waals surface area contributed by atoms with Gasteiger partial charge in [-0.1, -0.05) is 24.3 Å². The lowest BCUT2D eigenvalue weighted by molar-refractivity contribution is -0.124. The van der Waals surface area contributed by atoms with Crippen molar-refractivity contribution < 1.29 is 18.7 Å². The molecule has 1 amide bonds. The van der Waals surface area contributed by atoms with Gasteiger partial charge in [0, 0.05) is 11.9 Å². The van der Waals surface area contributed by atoms with E-state index in [1.54, 1.807) is 12.3 Å². The Morgan fingerprint density at radius 3 is 2.86 bits per heavy atom. The van der Waals surface area contributed by atoms with E-state index < -0.39 is 5.97 Å². The molecule has 2 heterocycles. The van der Waals surface area contributed by atoms with E-state index in [2.05, 4.69) is 11.9 Å². The number of pyridine rings is 1. The van der Waals surface area contributed by atoms with E-state index in [0.29, 0.717) is 24.0 Å². The molecule has 2 aromatic heterocycles. The van der Waals surface area contributed by atoms with Crippen LogP contribution in [-0.4, -0.2) is 30.0 Å². The number of aromatic nitrogens is 1. The van der Waals surface area contributed by atoms with Crippen molar-refractivity contribution in [1.29, 1.82) is 0 Å².